The van der Waals surface area contributed by atoms with Crippen molar-refractivity contribution >= 4 is 11.6 Å². The molecular formula is C19H20ClN3O3. The van der Waals surface area contributed by atoms with Gasteiger partial charge in [-0.25, -0.2) is 0 Å². The minimum Gasteiger partial charge on any atom is -0.497 e. The minimum absolute atomic E-state index is 0.489. The summed E-state index contributed by atoms with van der Waals surface area (Å²) in [7, 11) is 3.60. The van der Waals surface area contributed by atoms with Gasteiger partial charge in [-0.15, -0.1) is 10.2 Å². The van der Waals surface area contributed by atoms with Gasteiger partial charge >= 0.3 is 0 Å². The maximum absolute atomic E-state index is 6.07. The monoisotopic (exact) mass is 373 g/mol. The number of halogens is 1. The van der Waals surface area contributed by atoms with Gasteiger partial charge in [0.2, 0.25) is 11.8 Å². The van der Waals surface area contributed by atoms with Crippen molar-refractivity contribution in [3.63, 3.8) is 0 Å². The standard InChI is InChI=1S/C19H20ClN3O3/c1-23(11-12-25-17-6-4-3-5-16(17)20)13-18-21-22-19(26-18)14-7-9-15(24-2)10-8-14/h3-10H,11-13H2,1-2H3. The van der Waals surface area contributed by atoms with Crippen molar-refractivity contribution in [2.45, 2.75) is 6.54 Å². The maximum Gasteiger partial charge on any atom is 0.247 e. The van der Waals surface area contributed by atoms with Crippen LogP contribution in [0.3, 0.4) is 0 Å². The predicted octanol–water partition coefficient (Wildman–Crippen LogP) is 3.91. The summed E-state index contributed by atoms with van der Waals surface area (Å²) >= 11 is 6.07. The molecule has 0 aliphatic rings. The van der Waals surface area contributed by atoms with Gasteiger partial charge in [0.1, 0.15) is 18.1 Å². The van der Waals surface area contributed by atoms with E-state index in [1.165, 1.54) is 0 Å². The highest BCUT2D eigenvalue weighted by Gasteiger charge is 2.11. The van der Waals surface area contributed by atoms with Crippen molar-refractivity contribution in [2.24, 2.45) is 0 Å². The van der Waals surface area contributed by atoms with E-state index in [2.05, 4.69) is 10.2 Å². The summed E-state index contributed by atoms with van der Waals surface area (Å²) in [6, 6.07) is 14.9. The fourth-order valence-electron chi connectivity index (χ4n) is 2.35. The number of hydrogen-bond acceptors (Lipinski definition) is 6. The zero-order valence-corrected chi connectivity index (χ0v) is 15.4. The van der Waals surface area contributed by atoms with Gasteiger partial charge in [0.05, 0.1) is 18.7 Å². The van der Waals surface area contributed by atoms with Crippen molar-refractivity contribution < 1.29 is 13.9 Å². The topological polar surface area (TPSA) is 60.6 Å². The number of methoxy groups -OCH3 is 1. The Morgan fingerprint density at radius 1 is 1.08 bits per heavy atom. The molecule has 0 bridgehead atoms. The van der Waals surface area contributed by atoms with Gasteiger partial charge in [0, 0.05) is 12.1 Å². The Balaban J connectivity index is 1.51. The lowest BCUT2D eigenvalue weighted by Gasteiger charge is -2.15. The van der Waals surface area contributed by atoms with Gasteiger partial charge in [-0.05, 0) is 43.4 Å². The van der Waals surface area contributed by atoms with E-state index in [1.54, 1.807) is 13.2 Å². The summed E-state index contributed by atoms with van der Waals surface area (Å²) < 4.78 is 16.6. The molecule has 0 radical (unpaired) electrons. The zero-order chi connectivity index (χ0) is 18.4. The second-order valence-corrected chi connectivity index (χ2v) is 6.15. The number of hydrogen-bond donors (Lipinski definition) is 0. The van der Waals surface area contributed by atoms with Crippen LogP contribution in [-0.2, 0) is 6.54 Å². The van der Waals surface area contributed by atoms with E-state index in [0.717, 1.165) is 11.3 Å². The van der Waals surface area contributed by atoms with E-state index < -0.39 is 0 Å². The molecule has 0 N–H and O–H groups in total. The average Bonchev–Trinajstić information content (AvgIpc) is 3.12. The highest BCUT2D eigenvalue weighted by Crippen LogP contribution is 2.23. The van der Waals surface area contributed by atoms with Crippen LogP contribution < -0.4 is 9.47 Å². The van der Waals surface area contributed by atoms with Crippen LogP contribution in [0.15, 0.2) is 52.9 Å². The molecule has 6 nitrogen and oxygen atoms in total. The molecule has 26 heavy (non-hydrogen) atoms. The second-order valence-electron chi connectivity index (χ2n) is 5.75. The van der Waals surface area contributed by atoms with Crippen LogP contribution in [0.4, 0.5) is 0 Å². The number of likely N-dealkylation sites (N-methyl/N-ethyl adjacent to an activating group) is 1. The smallest absolute Gasteiger partial charge is 0.247 e. The van der Waals surface area contributed by atoms with Gasteiger partial charge in [0.25, 0.3) is 0 Å². The van der Waals surface area contributed by atoms with Crippen LogP contribution in [0, 0.1) is 0 Å². The molecule has 7 heteroatoms. The third-order valence-electron chi connectivity index (χ3n) is 3.78. The largest absolute Gasteiger partial charge is 0.497 e. The molecule has 0 fully saturated rings. The Labute approximate surface area is 157 Å². The first kappa shape index (κ1) is 18.2. The third-order valence-corrected chi connectivity index (χ3v) is 4.09. The molecular weight excluding hydrogens is 354 g/mol. The van der Waals surface area contributed by atoms with Crippen LogP contribution >= 0.6 is 11.6 Å². The van der Waals surface area contributed by atoms with E-state index in [0.29, 0.717) is 42.2 Å². The van der Waals surface area contributed by atoms with Crippen LogP contribution in [0.2, 0.25) is 5.02 Å². The molecule has 0 saturated carbocycles. The molecule has 0 aliphatic heterocycles. The SMILES string of the molecule is COc1ccc(-c2nnc(CN(C)CCOc3ccccc3Cl)o2)cc1. The first-order valence-corrected chi connectivity index (χ1v) is 8.56. The summed E-state index contributed by atoms with van der Waals surface area (Å²) in [5.41, 5.74) is 0.856. The number of benzene rings is 2. The first-order valence-electron chi connectivity index (χ1n) is 8.18. The van der Waals surface area contributed by atoms with E-state index in [4.69, 9.17) is 25.5 Å². The Hall–Kier alpha value is -2.57. The number of nitrogens with zero attached hydrogens (tertiary/aromatic N) is 3. The summed E-state index contributed by atoms with van der Waals surface area (Å²) in [6.45, 7) is 1.75. The van der Waals surface area contributed by atoms with Gasteiger partial charge in [-0.2, -0.15) is 0 Å². The summed E-state index contributed by atoms with van der Waals surface area (Å²) in [4.78, 5) is 2.04. The molecule has 1 heterocycles. The number of ether oxygens (including phenoxy) is 2. The quantitative estimate of drug-likeness (QED) is 0.596. The van der Waals surface area contributed by atoms with Gasteiger partial charge in [-0.3, -0.25) is 4.90 Å². The van der Waals surface area contributed by atoms with Gasteiger partial charge in [0.15, 0.2) is 0 Å². The fraction of sp³-hybridized carbons (Fsp3) is 0.263. The first-order chi connectivity index (χ1) is 12.7. The predicted molar refractivity (Wildman–Crippen MR) is 99.6 cm³/mol. The van der Waals surface area contributed by atoms with Gasteiger partial charge in [-0.1, -0.05) is 23.7 Å². The minimum atomic E-state index is 0.489. The molecule has 1 aromatic heterocycles. The Morgan fingerprint density at radius 2 is 1.85 bits per heavy atom. The molecule has 136 valence electrons. The van der Waals surface area contributed by atoms with Crippen molar-refractivity contribution in [3.05, 3.63) is 59.4 Å². The van der Waals surface area contributed by atoms with Gasteiger partial charge < -0.3 is 13.9 Å². The average molecular weight is 374 g/mol. The molecule has 3 aromatic rings. The fourth-order valence-corrected chi connectivity index (χ4v) is 2.54. The molecule has 0 unspecified atom stereocenters. The van der Waals surface area contributed by atoms with Crippen molar-refractivity contribution in [3.8, 4) is 23.0 Å². The molecule has 2 aromatic carbocycles. The molecule has 0 spiro atoms. The maximum atomic E-state index is 6.07. The van der Waals surface area contributed by atoms with Crippen molar-refractivity contribution in [1.82, 2.24) is 15.1 Å². The Morgan fingerprint density at radius 3 is 2.58 bits per heavy atom. The van der Waals surface area contributed by atoms with Crippen LogP contribution in [0.5, 0.6) is 11.5 Å². The lowest BCUT2D eigenvalue weighted by Crippen LogP contribution is -2.24. The lowest BCUT2D eigenvalue weighted by molar-refractivity contribution is 0.220. The molecule has 0 aliphatic carbocycles. The van der Waals surface area contributed by atoms with Crippen molar-refractivity contribution in [1.29, 1.82) is 0 Å². The van der Waals surface area contributed by atoms with E-state index in [-0.39, 0.29) is 0 Å². The third kappa shape index (κ3) is 4.74. The normalized spacial score (nSPS) is 10.9. The molecule has 0 amide bonds. The second kappa shape index (κ2) is 8.69. The molecule has 0 saturated heterocycles. The Bertz CT molecular complexity index is 836. The number of rotatable bonds is 8. The molecule has 0 atom stereocenters. The molecule has 3 rings (SSSR count). The van der Waals surface area contributed by atoms with Crippen LogP contribution in [-0.4, -0.2) is 42.4 Å². The van der Waals surface area contributed by atoms with Crippen molar-refractivity contribution in [2.75, 3.05) is 27.3 Å². The van der Waals surface area contributed by atoms with E-state index in [9.17, 15) is 0 Å². The lowest BCUT2D eigenvalue weighted by atomic mass is 10.2. The van der Waals surface area contributed by atoms with E-state index >= 15 is 0 Å². The zero-order valence-electron chi connectivity index (χ0n) is 14.7. The Kier molecular flexibility index (Phi) is 6.09. The van der Waals surface area contributed by atoms with Crippen LogP contribution in [0.25, 0.3) is 11.5 Å². The number of aromatic nitrogens is 2. The highest BCUT2D eigenvalue weighted by atomic mass is 35.5. The highest BCUT2D eigenvalue weighted by molar-refractivity contribution is 6.32. The summed E-state index contributed by atoms with van der Waals surface area (Å²) in [6.07, 6.45) is 0. The summed E-state index contributed by atoms with van der Waals surface area (Å²) in [5, 5.41) is 8.81. The number of para-hydroxylation sites is 1. The van der Waals surface area contributed by atoms with Crippen LogP contribution in [0.1, 0.15) is 5.89 Å². The summed E-state index contributed by atoms with van der Waals surface area (Å²) in [5.74, 6) is 2.51. The van der Waals surface area contributed by atoms with E-state index in [1.807, 2.05) is 54.4 Å².